The number of nitrogens with one attached hydrogen (secondary N) is 1. The van der Waals surface area contributed by atoms with Gasteiger partial charge in [0.05, 0.1) is 17.5 Å². The number of nitrogens with zero attached hydrogens (tertiary/aromatic N) is 3. The topological polar surface area (TPSA) is 121 Å². The first-order valence-electron chi connectivity index (χ1n) is 11.3. The number of para-hydroxylation sites is 1. The van der Waals surface area contributed by atoms with Crippen molar-refractivity contribution in [2.24, 2.45) is 9.39 Å². The Hall–Kier alpha value is -3.44. The number of carbonyl (C=O) groups excluding carboxylic acids is 1. The Morgan fingerprint density at radius 1 is 1.11 bits per heavy atom. The molecule has 1 amide bonds. The molecule has 0 fully saturated rings. The molecule has 2 aromatic carbocycles. The van der Waals surface area contributed by atoms with Crippen LogP contribution in [0.2, 0.25) is 0 Å². The van der Waals surface area contributed by atoms with Gasteiger partial charge in [0.15, 0.2) is 0 Å². The van der Waals surface area contributed by atoms with Gasteiger partial charge in [0.25, 0.3) is 5.91 Å². The molecule has 36 heavy (non-hydrogen) atoms. The fraction of sp³-hybridized carbons (Fsp3) is 0.280. The molecular weight excluding hydrogens is 500 g/mol. The van der Waals surface area contributed by atoms with Crippen LogP contribution in [0, 0.1) is 5.41 Å². The number of fused-ring (bicyclic) bond motifs is 1. The fourth-order valence-electron chi connectivity index (χ4n) is 3.61. The number of hydrogen-bond acceptors (Lipinski definition) is 8. The zero-order valence-electron chi connectivity index (χ0n) is 20.1. The zero-order valence-corrected chi connectivity index (χ0v) is 21.7. The van der Waals surface area contributed by atoms with E-state index < -0.39 is 15.7 Å². The Labute approximate surface area is 214 Å². The first kappa shape index (κ1) is 25.6. The maximum Gasteiger partial charge on any atom is 0.283 e. The summed E-state index contributed by atoms with van der Waals surface area (Å²) in [5.74, 6) is 0.994. The van der Waals surface area contributed by atoms with E-state index in [0.717, 1.165) is 35.3 Å². The van der Waals surface area contributed by atoms with Crippen molar-refractivity contribution >= 4 is 49.9 Å². The standard InChI is InChI=1S/C25H26N4O5S2/c1-4-16(2)19-7-5-6-8-21(19)34-14-13-33-18-11-9-17(10-12-18)15-20-22(26)29-24(27-23(20)30)35-28-25(29)36(3,31)32/h5-12,15-16,26H,4,13-14H2,1-3H3/b20-15-,26-22?/t16-/m1/s1. The molecule has 9 nitrogen and oxygen atoms in total. The highest BCUT2D eigenvalue weighted by molar-refractivity contribution is 8.16. The first-order chi connectivity index (χ1) is 17.2. The van der Waals surface area contributed by atoms with Gasteiger partial charge in [-0.2, -0.15) is 9.39 Å². The molecule has 2 aliphatic rings. The number of carbonyl (C=O) groups is 1. The normalized spacial score (nSPS) is 17.5. The molecule has 1 atom stereocenters. The predicted molar refractivity (Wildman–Crippen MR) is 142 cm³/mol. The van der Waals surface area contributed by atoms with Crippen LogP contribution in [0.5, 0.6) is 11.5 Å². The quantitative estimate of drug-likeness (QED) is 0.310. The van der Waals surface area contributed by atoms with Crippen molar-refractivity contribution in [1.29, 1.82) is 5.41 Å². The summed E-state index contributed by atoms with van der Waals surface area (Å²) < 4.78 is 39.6. The van der Waals surface area contributed by atoms with Crippen molar-refractivity contribution in [2.75, 3.05) is 19.5 Å². The van der Waals surface area contributed by atoms with E-state index in [1.165, 1.54) is 11.6 Å². The van der Waals surface area contributed by atoms with E-state index in [1.54, 1.807) is 24.3 Å². The van der Waals surface area contributed by atoms with Gasteiger partial charge >= 0.3 is 0 Å². The van der Waals surface area contributed by atoms with Crippen LogP contribution in [-0.4, -0.2) is 54.9 Å². The van der Waals surface area contributed by atoms with Crippen molar-refractivity contribution < 1.29 is 22.7 Å². The third kappa shape index (κ3) is 5.52. The molecule has 0 radical (unpaired) electrons. The van der Waals surface area contributed by atoms with Gasteiger partial charge in [-0.05, 0) is 47.7 Å². The summed E-state index contributed by atoms with van der Waals surface area (Å²) in [6, 6.07) is 15.0. The number of amides is 1. The fourth-order valence-corrected chi connectivity index (χ4v) is 5.46. The molecule has 0 saturated carbocycles. The van der Waals surface area contributed by atoms with E-state index in [0.29, 0.717) is 30.4 Å². The highest BCUT2D eigenvalue weighted by Crippen LogP contribution is 2.30. The van der Waals surface area contributed by atoms with Gasteiger partial charge in [-0.25, -0.2) is 13.3 Å². The van der Waals surface area contributed by atoms with Crippen LogP contribution >= 0.6 is 11.9 Å². The van der Waals surface area contributed by atoms with Gasteiger partial charge in [0.1, 0.15) is 30.5 Å². The predicted octanol–water partition coefficient (Wildman–Crippen LogP) is 4.28. The SMILES string of the molecule is CC[C@@H](C)c1ccccc1OCCOc1ccc(/C=C2/C(=N)N3C(=NC2=O)SN=C3S(C)(=O)=O)cc1. The second kappa shape index (κ2) is 10.7. The molecule has 1 N–H and O–H groups in total. The highest BCUT2D eigenvalue weighted by atomic mass is 32.2. The van der Waals surface area contributed by atoms with Crippen molar-refractivity contribution in [3.63, 3.8) is 0 Å². The van der Waals surface area contributed by atoms with E-state index >= 15 is 0 Å². The number of benzene rings is 2. The zero-order chi connectivity index (χ0) is 25.9. The molecule has 0 aliphatic carbocycles. The van der Waals surface area contributed by atoms with Crippen LogP contribution in [-0.2, 0) is 14.6 Å². The van der Waals surface area contributed by atoms with Gasteiger partial charge in [-0.3, -0.25) is 10.2 Å². The van der Waals surface area contributed by atoms with E-state index in [2.05, 4.69) is 29.3 Å². The first-order valence-corrected chi connectivity index (χ1v) is 14.0. The molecule has 2 heterocycles. The molecule has 0 spiro atoms. The van der Waals surface area contributed by atoms with Crippen LogP contribution in [0.4, 0.5) is 0 Å². The minimum Gasteiger partial charge on any atom is -0.490 e. The van der Waals surface area contributed by atoms with Crippen molar-refractivity contribution in [3.8, 4) is 11.5 Å². The van der Waals surface area contributed by atoms with Crippen molar-refractivity contribution in [1.82, 2.24) is 4.90 Å². The van der Waals surface area contributed by atoms with Gasteiger partial charge in [-0.15, -0.1) is 0 Å². The minimum atomic E-state index is -3.69. The Morgan fingerprint density at radius 3 is 2.50 bits per heavy atom. The summed E-state index contributed by atoms with van der Waals surface area (Å²) in [6.07, 6.45) is 3.52. The second-order valence-corrected chi connectivity index (χ2v) is 10.9. The molecule has 2 aliphatic heterocycles. The maximum absolute atomic E-state index is 12.5. The molecule has 0 bridgehead atoms. The third-order valence-electron chi connectivity index (χ3n) is 5.69. The van der Waals surface area contributed by atoms with Crippen LogP contribution in [0.1, 0.15) is 37.3 Å². The summed E-state index contributed by atoms with van der Waals surface area (Å²) in [6.45, 7) is 5.07. The Morgan fingerprint density at radius 2 is 1.81 bits per heavy atom. The summed E-state index contributed by atoms with van der Waals surface area (Å²) >= 11 is 0.759. The summed E-state index contributed by atoms with van der Waals surface area (Å²) in [5.41, 5.74) is 1.79. The Balaban J connectivity index is 1.38. The lowest BCUT2D eigenvalue weighted by atomic mass is 9.98. The van der Waals surface area contributed by atoms with E-state index in [1.807, 2.05) is 18.2 Å². The number of sulfone groups is 1. The average Bonchev–Trinajstić information content (AvgIpc) is 3.29. The molecule has 11 heteroatoms. The maximum atomic E-state index is 12.5. The van der Waals surface area contributed by atoms with Crippen LogP contribution < -0.4 is 9.47 Å². The largest absolute Gasteiger partial charge is 0.490 e. The van der Waals surface area contributed by atoms with E-state index in [-0.39, 0.29) is 21.7 Å². The molecule has 4 rings (SSSR count). The summed E-state index contributed by atoms with van der Waals surface area (Å²) in [7, 11) is -3.69. The average molecular weight is 527 g/mol. The molecule has 188 valence electrons. The Bertz CT molecular complexity index is 1380. The monoisotopic (exact) mass is 526 g/mol. The van der Waals surface area contributed by atoms with Crippen LogP contribution in [0.3, 0.4) is 0 Å². The van der Waals surface area contributed by atoms with Gasteiger partial charge in [0.2, 0.25) is 20.2 Å². The third-order valence-corrected chi connectivity index (χ3v) is 7.44. The molecule has 2 aromatic rings. The molecule has 0 unspecified atom stereocenters. The highest BCUT2D eigenvalue weighted by Gasteiger charge is 2.41. The van der Waals surface area contributed by atoms with Gasteiger partial charge in [0, 0.05) is 6.26 Å². The number of hydrogen-bond donors (Lipinski definition) is 1. The number of aliphatic imine (C=N–C) groups is 1. The second-order valence-electron chi connectivity index (χ2n) is 8.29. The number of amidine groups is 3. The lowest BCUT2D eigenvalue weighted by Gasteiger charge is -2.23. The Kier molecular flexibility index (Phi) is 7.60. The summed E-state index contributed by atoms with van der Waals surface area (Å²) in [4.78, 5) is 17.4. The smallest absolute Gasteiger partial charge is 0.283 e. The van der Waals surface area contributed by atoms with E-state index in [9.17, 15) is 13.2 Å². The molecule has 0 saturated heterocycles. The van der Waals surface area contributed by atoms with Crippen molar-refractivity contribution in [2.45, 2.75) is 26.2 Å². The van der Waals surface area contributed by atoms with Crippen molar-refractivity contribution in [3.05, 3.63) is 65.2 Å². The van der Waals surface area contributed by atoms with Gasteiger partial charge in [-0.1, -0.05) is 44.2 Å². The van der Waals surface area contributed by atoms with Crippen LogP contribution in [0.25, 0.3) is 6.08 Å². The molecular formula is C25H26N4O5S2. The lowest BCUT2D eigenvalue weighted by Crippen LogP contribution is -2.45. The van der Waals surface area contributed by atoms with E-state index in [4.69, 9.17) is 14.9 Å². The lowest BCUT2D eigenvalue weighted by molar-refractivity contribution is -0.114. The number of rotatable bonds is 8. The summed E-state index contributed by atoms with van der Waals surface area (Å²) in [5, 5.41) is 8.14. The molecule has 0 aromatic heterocycles. The number of ether oxygens (including phenoxy) is 2. The minimum absolute atomic E-state index is 0.0281. The van der Waals surface area contributed by atoms with Gasteiger partial charge < -0.3 is 9.47 Å². The van der Waals surface area contributed by atoms with Crippen LogP contribution in [0.15, 0.2) is 63.5 Å².